The van der Waals surface area contributed by atoms with Crippen molar-refractivity contribution in [3.63, 3.8) is 0 Å². The molecule has 2 fully saturated rings. The smallest absolute Gasteiger partial charge is 0.230 e. The van der Waals surface area contributed by atoms with E-state index in [0.29, 0.717) is 19.0 Å². The van der Waals surface area contributed by atoms with Gasteiger partial charge in [0.1, 0.15) is 5.82 Å². The van der Waals surface area contributed by atoms with Crippen molar-refractivity contribution >= 4 is 5.91 Å². The molecular weight excluding hydrogens is 279 g/mol. The van der Waals surface area contributed by atoms with Gasteiger partial charge in [0.2, 0.25) is 5.91 Å². The molecule has 1 aliphatic heterocycles. The molecular formula is C18H25FN2O. The summed E-state index contributed by atoms with van der Waals surface area (Å²) in [6.07, 6.45) is 4.51. The maximum Gasteiger partial charge on any atom is 0.230 e. The fourth-order valence-corrected chi connectivity index (χ4v) is 4.17. The van der Waals surface area contributed by atoms with E-state index in [0.717, 1.165) is 37.9 Å². The van der Waals surface area contributed by atoms with Crippen LogP contribution in [0, 0.1) is 17.2 Å². The number of benzene rings is 1. The van der Waals surface area contributed by atoms with Crippen LogP contribution in [0.1, 0.15) is 38.2 Å². The van der Waals surface area contributed by atoms with Crippen LogP contribution in [0.3, 0.4) is 0 Å². The van der Waals surface area contributed by atoms with Crippen molar-refractivity contribution in [2.75, 3.05) is 19.6 Å². The first-order valence-corrected chi connectivity index (χ1v) is 8.40. The zero-order chi connectivity index (χ0) is 15.6. The van der Waals surface area contributed by atoms with E-state index in [2.05, 4.69) is 5.32 Å². The highest BCUT2D eigenvalue weighted by Crippen LogP contribution is 2.45. The summed E-state index contributed by atoms with van der Waals surface area (Å²) in [6.45, 7) is 4.94. The lowest BCUT2D eigenvalue weighted by Crippen LogP contribution is -2.49. The first-order chi connectivity index (χ1) is 10.7. The Hall–Kier alpha value is -1.42. The van der Waals surface area contributed by atoms with Crippen LogP contribution in [0.2, 0.25) is 0 Å². The van der Waals surface area contributed by atoms with Gasteiger partial charge in [0.05, 0.1) is 5.41 Å². The normalized spacial score (nSPS) is 27.5. The SMILES string of the molecule is CCN(Cc1cccc(F)c1)C(=O)[C@@]12CCCC[C@H]1CNC2. The summed E-state index contributed by atoms with van der Waals surface area (Å²) in [5.74, 6) is 0.488. The largest absolute Gasteiger partial charge is 0.338 e. The Labute approximate surface area is 131 Å². The van der Waals surface area contributed by atoms with E-state index < -0.39 is 0 Å². The summed E-state index contributed by atoms with van der Waals surface area (Å²) in [5.41, 5.74) is 0.645. The van der Waals surface area contributed by atoms with Crippen LogP contribution in [-0.4, -0.2) is 30.4 Å². The van der Waals surface area contributed by atoms with Gasteiger partial charge in [-0.15, -0.1) is 0 Å². The Kier molecular flexibility index (Phi) is 4.48. The van der Waals surface area contributed by atoms with E-state index in [-0.39, 0.29) is 17.1 Å². The van der Waals surface area contributed by atoms with E-state index >= 15 is 0 Å². The molecule has 1 amide bonds. The number of amides is 1. The minimum atomic E-state index is -0.239. The third-order valence-corrected chi connectivity index (χ3v) is 5.40. The van der Waals surface area contributed by atoms with E-state index in [1.807, 2.05) is 17.9 Å². The molecule has 22 heavy (non-hydrogen) atoms. The number of halogens is 1. The zero-order valence-electron chi connectivity index (χ0n) is 13.3. The van der Waals surface area contributed by atoms with Gasteiger partial charge >= 0.3 is 0 Å². The summed E-state index contributed by atoms with van der Waals surface area (Å²) in [5, 5.41) is 3.43. The molecule has 2 aliphatic rings. The topological polar surface area (TPSA) is 32.3 Å². The van der Waals surface area contributed by atoms with Gasteiger partial charge in [-0.1, -0.05) is 25.0 Å². The molecule has 0 unspecified atom stereocenters. The number of carbonyl (C=O) groups is 1. The lowest BCUT2D eigenvalue weighted by molar-refractivity contribution is -0.145. The second-order valence-electron chi connectivity index (χ2n) is 6.68. The number of rotatable bonds is 4. The first kappa shape index (κ1) is 15.5. The van der Waals surface area contributed by atoms with Crippen molar-refractivity contribution < 1.29 is 9.18 Å². The molecule has 2 atom stereocenters. The molecule has 0 aromatic heterocycles. The van der Waals surface area contributed by atoms with Crippen LogP contribution in [0.5, 0.6) is 0 Å². The molecule has 0 spiro atoms. The Morgan fingerprint density at radius 3 is 3.09 bits per heavy atom. The third kappa shape index (κ3) is 2.76. The minimum absolute atomic E-state index is 0.221. The number of carbonyl (C=O) groups excluding carboxylic acids is 1. The predicted molar refractivity (Wildman–Crippen MR) is 84.8 cm³/mol. The first-order valence-electron chi connectivity index (χ1n) is 8.40. The average molecular weight is 304 g/mol. The highest BCUT2D eigenvalue weighted by Gasteiger charge is 2.51. The molecule has 4 heteroatoms. The lowest BCUT2D eigenvalue weighted by Gasteiger charge is -2.40. The quantitative estimate of drug-likeness (QED) is 0.927. The van der Waals surface area contributed by atoms with Gasteiger partial charge in [0.25, 0.3) is 0 Å². The number of hydrogen-bond acceptors (Lipinski definition) is 2. The Morgan fingerprint density at radius 1 is 1.45 bits per heavy atom. The molecule has 0 radical (unpaired) electrons. The summed E-state index contributed by atoms with van der Waals surface area (Å²) < 4.78 is 13.4. The number of fused-ring (bicyclic) bond motifs is 1. The van der Waals surface area contributed by atoms with Crippen molar-refractivity contribution in [1.29, 1.82) is 0 Å². The maximum atomic E-state index is 13.4. The van der Waals surface area contributed by atoms with E-state index in [9.17, 15) is 9.18 Å². The van der Waals surface area contributed by atoms with Gasteiger partial charge in [-0.2, -0.15) is 0 Å². The molecule has 1 aliphatic carbocycles. The van der Waals surface area contributed by atoms with Gasteiger partial charge < -0.3 is 10.2 Å². The van der Waals surface area contributed by atoms with E-state index in [1.54, 1.807) is 6.07 Å². The van der Waals surface area contributed by atoms with Crippen molar-refractivity contribution in [2.24, 2.45) is 11.3 Å². The van der Waals surface area contributed by atoms with Crippen molar-refractivity contribution in [3.05, 3.63) is 35.6 Å². The van der Waals surface area contributed by atoms with Crippen molar-refractivity contribution in [2.45, 2.75) is 39.2 Å². The number of nitrogens with one attached hydrogen (secondary N) is 1. The number of nitrogens with zero attached hydrogens (tertiary/aromatic N) is 1. The fraction of sp³-hybridized carbons (Fsp3) is 0.611. The molecule has 1 aromatic rings. The lowest BCUT2D eigenvalue weighted by atomic mass is 9.67. The molecule has 3 rings (SSSR count). The van der Waals surface area contributed by atoms with Crippen LogP contribution < -0.4 is 5.32 Å². The van der Waals surface area contributed by atoms with Crippen LogP contribution in [0.25, 0.3) is 0 Å². The van der Waals surface area contributed by atoms with Crippen LogP contribution >= 0.6 is 0 Å². The summed E-state index contributed by atoms with van der Waals surface area (Å²) >= 11 is 0. The highest BCUT2D eigenvalue weighted by atomic mass is 19.1. The molecule has 1 N–H and O–H groups in total. The molecule has 1 saturated heterocycles. The van der Waals surface area contributed by atoms with Gasteiger partial charge in [0, 0.05) is 19.6 Å². The standard InChI is InChI=1S/C18H25FN2O/c1-2-21(12-14-6-5-8-16(19)10-14)17(22)18-9-4-3-7-15(18)11-20-13-18/h5-6,8,10,15,20H,2-4,7,9,11-13H2,1H3/t15-,18+/m0/s1. The van der Waals surface area contributed by atoms with Crippen molar-refractivity contribution in [3.8, 4) is 0 Å². The Morgan fingerprint density at radius 2 is 2.32 bits per heavy atom. The van der Waals surface area contributed by atoms with Gasteiger partial charge in [-0.3, -0.25) is 4.79 Å². The van der Waals surface area contributed by atoms with Gasteiger partial charge in [0.15, 0.2) is 0 Å². The summed E-state index contributed by atoms with van der Waals surface area (Å²) in [7, 11) is 0. The second kappa shape index (κ2) is 6.37. The predicted octanol–water partition coefficient (Wildman–Crippen LogP) is 2.95. The average Bonchev–Trinajstić information content (AvgIpc) is 2.97. The van der Waals surface area contributed by atoms with Crippen LogP contribution in [0.4, 0.5) is 4.39 Å². The van der Waals surface area contributed by atoms with E-state index in [4.69, 9.17) is 0 Å². The van der Waals surface area contributed by atoms with E-state index in [1.165, 1.54) is 18.6 Å². The monoisotopic (exact) mass is 304 g/mol. The second-order valence-corrected chi connectivity index (χ2v) is 6.68. The van der Waals surface area contributed by atoms with Crippen LogP contribution in [0.15, 0.2) is 24.3 Å². The van der Waals surface area contributed by atoms with Gasteiger partial charge in [-0.25, -0.2) is 4.39 Å². The third-order valence-electron chi connectivity index (χ3n) is 5.40. The number of hydrogen-bond donors (Lipinski definition) is 1. The van der Waals surface area contributed by atoms with Crippen molar-refractivity contribution in [1.82, 2.24) is 10.2 Å². The van der Waals surface area contributed by atoms with Crippen LogP contribution in [-0.2, 0) is 11.3 Å². The summed E-state index contributed by atoms with van der Waals surface area (Å²) in [4.78, 5) is 15.1. The minimum Gasteiger partial charge on any atom is -0.338 e. The fourth-order valence-electron chi connectivity index (χ4n) is 4.17. The summed E-state index contributed by atoms with van der Waals surface area (Å²) in [6, 6.07) is 6.57. The molecule has 1 aromatic carbocycles. The Bertz CT molecular complexity index is 548. The molecule has 3 nitrogen and oxygen atoms in total. The molecule has 1 saturated carbocycles. The molecule has 0 bridgehead atoms. The Balaban J connectivity index is 1.79. The van der Waals surface area contributed by atoms with Gasteiger partial charge in [-0.05, 0) is 49.9 Å². The highest BCUT2D eigenvalue weighted by molar-refractivity contribution is 5.84. The molecule has 1 heterocycles. The zero-order valence-corrected chi connectivity index (χ0v) is 13.3. The molecule has 120 valence electrons. The maximum absolute atomic E-state index is 13.4.